The van der Waals surface area contributed by atoms with Crippen LogP contribution in [0.1, 0.15) is 47.5 Å². The van der Waals surface area contributed by atoms with E-state index in [9.17, 15) is 4.79 Å². The number of nitrogens with one attached hydrogen (secondary N) is 1. The standard InChI is InChI=1S/C21H28N4O/c26-21(19-5-1-4-18(14-19)20-6-2-9-22-15-20)24-12-7-17(8-13-24)16-25-11-3-10-23-25/h1,3-5,10-11,14,17,20,22H,2,6-9,12-13,15-16H2. The van der Waals surface area contributed by atoms with Crippen molar-refractivity contribution in [3.05, 3.63) is 53.9 Å². The van der Waals surface area contributed by atoms with Crippen molar-refractivity contribution in [2.75, 3.05) is 26.2 Å². The van der Waals surface area contributed by atoms with Gasteiger partial charge < -0.3 is 10.2 Å². The molecule has 2 fully saturated rings. The third kappa shape index (κ3) is 3.98. The van der Waals surface area contributed by atoms with Crippen molar-refractivity contribution in [3.63, 3.8) is 0 Å². The van der Waals surface area contributed by atoms with Crippen LogP contribution in [0.3, 0.4) is 0 Å². The highest BCUT2D eigenvalue weighted by atomic mass is 16.2. The maximum absolute atomic E-state index is 13.0. The molecule has 3 heterocycles. The van der Waals surface area contributed by atoms with Gasteiger partial charge in [0.2, 0.25) is 0 Å². The van der Waals surface area contributed by atoms with Gasteiger partial charge in [0.1, 0.15) is 0 Å². The summed E-state index contributed by atoms with van der Waals surface area (Å²) in [6.45, 7) is 4.79. The Hall–Kier alpha value is -2.14. The molecule has 2 aromatic rings. The molecule has 1 N–H and O–H groups in total. The summed E-state index contributed by atoms with van der Waals surface area (Å²) in [6, 6.07) is 10.3. The molecular weight excluding hydrogens is 324 g/mol. The minimum Gasteiger partial charge on any atom is -0.339 e. The van der Waals surface area contributed by atoms with Crippen molar-refractivity contribution in [2.24, 2.45) is 5.92 Å². The zero-order valence-electron chi connectivity index (χ0n) is 15.3. The van der Waals surface area contributed by atoms with Crippen molar-refractivity contribution >= 4 is 5.91 Å². The van der Waals surface area contributed by atoms with E-state index in [4.69, 9.17) is 0 Å². The number of likely N-dealkylation sites (tertiary alicyclic amines) is 1. The lowest BCUT2D eigenvalue weighted by Gasteiger charge is -2.32. The van der Waals surface area contributed by atoms with Gasteiger partial charge in [-0.05, 0) is 67.8 Å². The summed E-state index contributed by atoms with van der Waals surface area (Å²) in [5.74, 6) is 1.34. The molecule has 26 heavy (non-hydrogen) atoms. The molecule has 1 amide bonds. The zero-order valence-corrected chi connectivity index (χ0v) is 15.3. The third-order valence-corrected chi connectivity index (χ3v) is 5.81. The Morgan fingerprint density at radius 2 is 2.08 bits per heavy atom. The largest absolute Gasteiger partial charge is 0.339 e. The molecule has 1 unspecified atom stereocenters. The first-order chi connectivity index (χ1) is 12.8. The number of benzene rings is 1. The lowest BCUT2D eigenvalue weighted by Crippen LogP contribution is -2.39. The van der Waals surface area contributed by atoms with Crippen LogP contribution >= 0.6 is 0 Å². The normalized spacial score (nSPS) is 21.7. The van der Waals surface area contributed by atoms with Crippen LogP contribution in [-0.4, -0.2) is 46.8 Å². The first-order valence-electron chi connectivity index (χ1n) is 9.87. The molecule has 1 atom stereocenters. The second-order valence-electron chi connectivity index (χ2n) is 7.63. The Bertz CT molecular complexity index is 713. The van der Waals surface area contributed by atoms with Gasteiger partial charge >= 0.3 is 0 Å². The number of hydrogen-bond acceptors (Lipinski definition) is 3. The van der Waals surface area contributed by atoms with E-state index in [0.29, 0.717) is 11.8 Å². The SMILES string of the molecule is O=C(c1cccc(C2CCCNC2)c1)N1CCC(Cn2cccn2)CC1. The molecule has 0 aliphatic carbocycles. The van der Waals surface area contributed by atoms with Gasteiger partial charge in [-0.3, -0.25) is 9.48 Å². The summed E-state index contributed by atoms with van der Waals surface area (Å²) in [6.07, 6.45) is 8.38. The van der Waals surface area contributed by atoms with Crippen LogP contribution in [0.5, 0.6) is 0 Å². The average molecular weight is 352 g/mol. The van der Waals surface area contributed by atoms with E-state index < -0.39 is 0 Å². The second kappa shape index (κ2) is 8.04. The van der Waals surface area contributed by atoms with Crippen molar-refractivity contribution in [1.82, 2.24) is 20.0 Å². The predicted molar refractivity (Wildman–Crippen MR) is 102 cm³/mol. The van der Waals surface area contributed by atoms with Crippen molar-refractivity contribution in [2.45, 2.75) is 38.1 Å². The van der Waals surface area contributed by atoms with Gasteiger partial charge in [-0.15, -0.1) is 0 Å². The van der Waals surface area contributed by atoms with Crippen LogP contribution < -0.4 is 5.32 Å². The minimum absolute atomic E-state index is 0.188. The van der Waals surface area contributed by atoms with Gasteiger partial charge in [0.05, 0.1) is 0 Å². The third-order valence-electron chi connectivity index (χ3n) is 5.81. The summed E-state index contributed by atoms with van der Waals surface area (Å²) in [7, 11) is 0. The van der Waals surface area contributed by atoms with Gasteiger partial charge in [-0.25, -0.2) is 0 Å². The monoisotopic (exact) mass is 352 g/mol. The van der Waals surface area contributed by atoms with E-state index in [0.717, 1.165) is 51.1 Å². The molecule has 5 heteroatoms. The topological polar surface area (TPSA) is 50.2 Å². The second-order valence-corrected chi connectivity index (χ2v) is 7.63. The van der Waals surface area contributed by atoms with Crippen molar-refractivity contribution < 1.29 is 4.79 Å². The highest BCUT2D eigenvalue weighted by molar-refractivity contribution is 5.94. The maximum Gasteiger partial charge on any atom is 0.253 e. The summed E-state index contributed by atoms with van der Waals surface area (Å²) in [4.78, 5) is 15.0. The number of carbonyl (C=O) groups excluding carboxylic acids is 1. The number of nitrogens with zero attached hydrogens (tertiary/aromatic N) is 3. The molecule has 138 valence electrons. The molecule has 4 rings (SSSR count). The molecule has 0 radical (unpaired) electrons. The molecule has 0 bridgehead atoms. The summed E-state index contributed by atoms with van der Waals surface area (Å²) < 4.78 is 2.00. The first kappa shape index (κ1) is 17.3. The van der Waals surface area contributed by atoms with Crippen LogP contribution in [0.25, 0.3) is 0 Å². The fourth-order valence-corrected chi connectivity index (χ4v) is 4.24. The lowest BCUT2D eigenvalue weighted by atomic mass is 9.90. The Balaban J connectivity index is 1.36. The maximum atomic E-state index is 13.0. The van der Waals surface area contributed by atoms with Crippen molar-refractivity contribution in [3.8, 4) is 0 Å². The predicted octanol–water partition coefficient (Wildman–Crippen LogP) is 2.90. The van der Waals surface area contributed by atoms with E-state index in [-0.39, 0.29) is 5.91 Å². The summed E-state index contributed by atoms with van der Waals surface area (Å²) >= 11 is 0. The molecule has 2 saturated heterocycles. The van der Waals surface area contributed by atoms with Crippen LogP contribution in [0.15, 0.2) is 42.7 Å². The zero-order chi connectivity index (χ0) is 17.8. The van der Waals surface area contributed by atoms with E-state index in [1.807, 2.05) is 40.2 Å². The smallest absolute Gasteiger partial charge is 0.253 e. The molecule has 5 nitrogen and oxygen atoms in total. The highest BCUT2D eigenvalue weighted by Crippen LogP contribution is 2.25. The van der Waals surface area contributed by atoms with Crippen LogP contribution in [0, 0.1) is 5.92 Å². The minimum atomic E-state index is 0.188. The van der Waals surface area contributed by atoms with E-state index in [1.54, 1.807) is 0 Å². The molecule has 0 spiro atoms. The van der Waals surface area contributed by atoms with Crippen LogP contribution in [0.4, 0.5) is 0 Å². The Morgan fingerprint density at radius 3 is 2.81 bits per heavy atom. The van der Waals surface area contributed by atoms with Crippen molar-refractivity contribution in [1.29, 1.82) is 0 Å². The van der Waals surface area contributed by atoms with Gasteiger partial charge in [0.25, 0.3) is 5.91 Å². The quantitative estimate of drug-likeness (QED) is 0.920. The fraction of sp³-hybridized carbons (Fsp3) is 0.524. The average Bonchev–Trinajstić information content (AvgIpc) is 3.22. The summed E-state index contributed by atoms with van der Waals surface area (Å²) in [5, 5.41) is 7.76. The Kier molecular flexibility index (Phi) is 5.34. The molecule has 2 aliphatic heterocycles. The fourth-order valence-electron chi connectivity index (χ4n) is 4.24. The van der Waals surface area contributed by atoms with Gasteiger partial charge in [0.15, 0.2) is 0 Å². The van der Waals surface area contributed by atoms with E-state index in [2.05, 4.69) is 22.5 Å². The number of piperidine rings is 2. The molecule has 1 aromatic heterocycles. The Labute approximate surface area is 155 Å². The molecular formula is C21H28N4O. The number of aromatic nitrogens is 2. The molecule has 1 aromatic carbocycles. The van der Waals surface area contributed by atoms with E-state index in [1.165, 1.54) is 18.4 Å². The number of rotatable bonds is 4. The number of hydrogen-bond donors (Lipinski definition) is 1. The lowest BCUT2D eigenvalue weighted by molar-refractivity contribution is 0.0681. The van der Waals surface area contributed by atoms with Gasteiger partial charge in [-0.2, -0.15) is 5.10 Å². The Morgan fingerprint density at radius 1 is 1.19 bits per heavy atom. The van der Waals surface area contributed by atoms with Gasteiger partial charge in [-0.1, -0.05) is 12.1 Å². The van der Waals surface area contributed by atoms with E-state index >= 15 is 0 Å². The number of carbonyl (C=O) groups is 1. The van der Waals surface area contributed by atoms with Gasteiger partial charge in [0, 0.05) is 44.1 Å². The summed E-state index contributed by atoms with van der Waals surface area (Å²) in [5.41, 5.74) is 2.15. The molecule has 2 aliphatic rings. The first-order valence-corrected chi connectivity index (χ1v) is 9.87. The van der Waals surface area contributed by atoms with Crippen LogP contribution in [-0.2, 0) is 6.54 Å². The number of amides is 1. The highest BCUT2D eigenvalue weighted by Gasteiger charge is 2.24. The van der Waals surface area contributed by atoms with Crippen LogP contribution in [0.2, 0.25) is 0 Å². The molecule has 0 saturated carbocycles.